The number of carbonyl (C=O) groups excluding carboxylic acids is 1. The molecule has 0 radical (unpaired) electrons. The summed E-state index contributed by atoms with van der Waals surface area (Å²) in [6.07, 6.45) is 2.49. The summed E-state index contributed by atoms with van der Waals surface area (Å²) >= 11 is 0. The Morgan fingerprint density at radius 1 is 1.43 bits per heavy atom. The molecule has 0 unspecified atom stereocenters. The van der Waals surface area contributed by atoms with Crippen molar-refractivity contribution >= 4 is 17.7 Å². The number of anilines is 2. The molecule has 0 spiro atoms. The zero-order valence-electron chi connectivity index (χ0n) is 11.8. The molecular weight excluding hydrogens is 266 g/mol. The van der Waals surface area contributed by atoms with E-state index in [1.807, 2.05) is 31.2 Å². The Kier molecular flexibility index (Phi) is 3.43. The largest absolute Gasteiger partial charge is 0.368 e. The lowest BCUT2D eigenvalue weighted by Crippen LogP contribution is -2.39. The second-order valence-corrected chi connectivity index (χ2v) is 5.17. The smallest absolute Gasteiger partial charge is 0.322 e. The molecule has 0 atom stereocenters. The lowest BCUT2D eigenvalue weighted by Gasteiger charge is -2.28. The van der Waals surface area contributed by atoms with Crippen molar-refractivity contribution in [3.05, 3.63) is 47.3 Å². The maximum absolute atomic E-state index is 12.3. The summed E-state index contributed by atoms with van der Waals surface area (Å²) in [5, 5.41) is 2.91. The number of fused-ring (bicyclic) bond motifs is 1. The van der Waals surface area contributed by atoms with Gasteiger partial charge in [-0.05, 0) is 36.6 Å². The molecule has 0 bridgehead atoms. The highest BCUT2D eigenvalue weighted by Gasteiger charge is 2.22. The summed E-state index contributed by atoms with van der Waals surface area (Å²) in [6.45, 7) is 3.10. The first-order valence-corrected chi connectivity index (χ1v) is 6.85. The van der Waals surface area contributed by atoms with Gasteiger partial charge in [-0.25, -0.2) is 14.8 Å². The molecule has 3 rings (SSSR count). The van der Waals surface area contributed by atoms with Crippen molar-refractivity contribution in [1.82, 2.24) is 14.9 Å². The maximum atomic E-state index is 12.3. The average Bonchev–Trinajstić information content (AvgIpc) is 2.46. The van der Waals surface area contributed by atoms with Crippen molar-refractivity contribution in [3.8, 4) is 0 Å². The number of hydrogen-bond acceptors (Lipinski definition) is 4. The van der Waals surface area contributed by atoms with Crippen LogP contribution in [-0.4, -0.2) is 27.4 Å². The van der Waals surface area contributed by atoms with E-state index in [4.69, 9.17) is 5.73 Å². The van der Waals surface area contributed by atoms with Crippen LogP contribution >= 0.6 is 0 Å². The predicted molar refractivity (Wildman–Crippen MR) is 80.8 cm³/mol. The third-order valence-electron chi connectivity index (χ3n) is 3.52. The van der Waals surface area contributed by atoms with Gasteiger partial charge < -0.3 is 16.0 Å². The summed E-state index contributed by atoms with van der Waals surface area (Å²) < 4.78 is 0. The lowest BCUT2D eigenvalue weighted by molar-refractivity contribution is 0.205. The van der Waals surface area contributed by atoms with Crippen LogP contribution in [0.15, 0.2) is 30.5 Å². The molecule has 0 saturated heterocycles. The Morgan fingerprint density at radius 3 is 3.10 bits per heavy atom. The van der Waals surface area contributed by atoms with Gasteiger partial charge in [-0.1, -0.05) is 12.1 Å². The Balaban J connectivity index is 1.72. The summed E-state index contributed by atoms with van der Waals surface area (Å²) in [4.78, 5) is 22.2. The van der Waals surface area contributed by atoms with E-state index in [2.05, 4.69) is 15.3 Å². The Labute approximate surface area is 123 Å². The molecular formula is C15H17N5O. The number of amides is 2. The topological polar surface area (TPSA) is 84.1 Å². The first-order chi connectivity index (χ1) is 10.1. The van der Waals surface area contributed by atoms with E-state index in [0.717, 1.165) is 28.9 Å². The van der Waals surface area contributed by atoms with Gasteiger partial charge in [0.2, 0.25) is 5.95 Å². The van der Waals surface area contributed by atoms with E-state index in [-0.39, 0.29) is 12.0 Å². The number of aryl methyl sites for hydroxylation is 1. The third kappa shape index (κ3) is 2.94. The number of nitrogens with one attached hydrogen (secondary N) is 1. The molecule has 2 heterocycles. The quantitative estimate of drug-likeness (QED) is 0.838. The number of hydrogen-bond donors (Lipinski definition) is 2. The SMILES string of the molecule is Cc1cccc(NC(=O)N2CCc3cnc(N)nc3C2)c1. The van der Waals surface area contributed by atoms with Crippen molar-refractivity contribution in [2.45, 2.75) is 19.9 Å². The monoisotopic (exact) mass is 283 g/mol. The molecule has 6 heteroatoms. The number of urea groups is 1. The van der Waals surface area contributed by atoms with Crippen LogP contribution in [0.2, 0.25) is 0 Å². The maximum Gasteiger partial charge on any atom is 0.322 e. The molecule has 0 fully saturated rings. The van der Waals surface area contributed by atoms with Crippen molar-refractivity contribution in [2.75, 3.05) is 17.6 Å². The van der Waals surface area contributed by atoms with Crippen molar-refractivity contribution in [3.63, 3.8) is 0 Å². The standard InChI is InChI=1S/C15H17N5O/c1-10-3-2-4-12(7-10)18-15(21)20-6-5-11-8-17-14(16)19-13(11)9-20/h2-4,7-8H,5-6,9H2,1H3,(H,18,21)(H2,16,17,19). The lowest BCUT2D eigenvalue weighted by atomic mass is 10.1. The third-order valence-corrected chi connectivity index (χ3v) is 3.52. The molecule has 2 aromatic rings. The minimum Gasteiger partial charge on any atom is -0.368 e. The molecule has 21 heavy (non-hydrogen) atoms. The fraction of sp³-hybridized carbons (Fsp3) is 0.267. The van der Waals surface area contributed by atoms with Crippen LogP contribution in [0.5, 0.6) is 0 Å². The van der Waals surface area contributed by atoms with Gasteiger partial charge in [-0.2, -0.15) is 0 Å². The number of nitrogens with two attached hydrogens (primary N) is 1. The van der Waals surface area contributed by atoms with E-state index in [1.165, 1.54) is 0 Å². The van der Waals surface area contributed by atoms with Crippen molar-refractivity contribution < 1.29 is 4.79 Å². The second-order valence-electron chi connectivity index (χ2n) is 5.17. The number of benzene rings is 1. The van der Waals surface area contributed by atoms with Crippen molar-refractivity contribution in [2.24, 2.45) is 0 Å². The number of aromatic nitrogens is 2. The fourth-order valence-electron chi connectivity index (χ4n) is 2.42. The van der Waals surface area contributed by atoms with Gasteiger partial charge in [0.1, 0.15) is 0 Å². The minimum atomic E-state index is -0.122. The summed E-state index contributed by atoms with van der Waals surface area (Å²) in [5.74, 6) is 0.245. The summed E-state index contributed by atoms with van der Waals surface area (Å²) in [7, 11) is 0. The first kappa shape index (κ1) is 13.4. The predicted octanol–water partition coefficient (Wildman–Crippen LogP) is 1.96. The molecule has 1 aromatic heterocycles. The van der Waals surface area contributed by atoms with Gasteiger partial charge in [-0.15, -0.1) is 0 Å². The highest BCUT2D eigenvalue weighted by Crippen LogP contribution is 2.18. The van der Waals surface area contributed by atoms with E-state index >= 15 is 0 Å². The van der Waals surface area contributed by atoms with E-state index in [0.29, 0.717) is 13.1 Å². The van der Waals surface area contributed by atoms with Crippen LogP contribution in [0.25, 0.3) is 0 Å². The zero-order chi connectivity index (χ0) is 14.8. The zero-order valence-corrected chi connectivity index (χ0v) is 11.8. The second kappa shape index (κ2) is 5.40. The molecule has 1 aliphatic heterocycles. The van der Waals surface area contributed by atoms with Gasteiger partial charge in [0.25, 0.3) is 0 Å². The van der Waals surface area contributed by atoms with Gasteiger partial charge in [0, 0.05) is 18.4 Å². The molecule has 2 amide bonds. The van der Waals surface area contributed by atoms with Crippen LogP contribution in [-0.2, 0) is 13.0 Å². The van der Waals surface area contributed by atoms with Gasteiger partial charge in [0.15, 0.2) is 0 Å². The summed E-state index contributed by atoms with van der Waals surface area (Å²) in [5.41, 5.74) is 9.40. The van der Waals surface area contributed by atoms with Gasteiger partial charge in [-0.3, -0.25) is 0 Å². The van der Waals surface area contributed by atoms with E-state index < -0.39 is 0 Å². The van der Waals surface area contributed by atoms with E-state index in [1.54, 1.807) is 11.1 Å². The van der Waals surface area contributed by atoms with Crippen LogP contribution in [0.1, 0.15) is 16.8 Å². The highest BCUT2D eigenvalue weighted by molar-refractivity contribution is 5.89. The summed E-state index contributed by atoms with van der Waals surface area (Å²) in [6, 6.07) is 7.61. The van der Waals surface area contributed by atoms with Crippen LogP contribution in [0.4, 0.5) is 16.4 Å². The molecule has 1 aromatic carbocycles. The molecule has 1 aliphatic rings. The van der Waals surface area contributed by atoms with Gasteiger partial charge in [0.05, 0.1) is 12.2 Å². The van der Waals surface area contributed by atoms with E-state index in [9.17, 15) is 4.79 Å². The number of nitrogens with zero attached hydrogens (tertiary/aromatic N) is 3. The van der Waals surface area contributed by atoms with Crippen LogP contribution < -0.4 is 11.1 Å². The number of nitrogen functional groups attached to an aromatic ring is 1. The average molecular weight is 283 g/mol. The number of carbonyl (C=O) groups is 1. The Bertz CT molecular complexity index is 686. The molecule has 0 aliphatic carbocycles. The highest BCUT2D eigenvalue weighted by atomic mass is 16.2. The van der Waals surface area contributed by atoms with Crippen LogP contribution in [0.3, 0.4) is 0 Å². The van der Waals surface area contributed by atoms with Gasteiger partial charge >= 0.3 is 6.03 Å². The fourth-order valence-corrected chi connectivity index (χ4v) is 2.42. The molecule has 108 valence electrons. The van der Waals surface area contributed by atoms with Crippen LogP contribution in [0, 0.1) is 6.92 Å². The molecule has 3 N–H and O–H groups in total. The Hall–Kier alpha value is -2.63. The molecule has 0 saturated carbocycles. The normalized spacial score (nSPS) is 13.7. The number of rotatable bonds is 1. The Morgan fingerprint density at radius 2 is 2.29 bits per heavy atom. The molecule has 6 nitrogen and oxygen atoms in total. The first-order valence-electron chi connectivity index (χ1n) is 6.85. The minimum absolute atomic E-state index is 0.122. The van der Waals surface area contributed by atoms with Crippen molar-refractivity contribution in [1.29, 1.82) is 0 Å².